The van der Waals surface area contributed by atoms with Crippen LogP contribution in [0.15, 0.2) is 66.7 Å². The molecule has 0 heterocycles. The van der Waals surface area contributed by atoms with Gasteiger partial charge in [-0.25, -0.2) is 8.42 Å². The summed E-state index contributed by atoms with van der Waals surface area (Å²) in [7, 11) is -3.56. The summed E-state index contributed by atoms with van der Waals surface area (Å²) < 4.78 is 64.7. The summed E-state index contributed by atoms with van der Waals surface area (Å²) in [5.74, 6) is -0.679. The van der Waals surface area contributed by atoms with E-state index in [1.54, 1.807) is 36.4 Å². The zero-order valence-corrected chi connectivity index (χ0v) is 19.1. The van der Waals surface area contributed by atoms with Crippen molar-refractivity contribution in [3.8, 4) is 0 Å². The van der Waals surface area contributed by atoms with Crippen molar-refractivity contribution in [2.75, 3.05) is 15.9 Å². The molecule has 0 aliphatic heterocycles. The summed E-state index contributed by atoms with van der Waals surface area (Å²) in [5.41, 5.74) is 2.59. The number of nitrogens with zero attached hydrogens (tertiary/aromatic N) is 1. The average molecular weight is 477 g/mol. The number of nitrogens with one attached hydrogen (secondary N) is 1. The molecule has 3 aromatic carbocycles. The number of sulfonamides is 1. The van der Waals surface area contributed by atoms with E-state index in [9.17, 15) is 26.4 Å². The molecule has 5 nitrogen and oxygen atoms in total. The summed E-state index contributed by atoms with van der Waals surface area (Å²) >= 11 is 0. The van der Waals surface area contributed by atoms with E-state index in [-0.39, 0.29) is 12.1 Å². The second kappa shape index (κ2) is 9.27. The van der Waals surface area contributed by atoms with E-state index in [1.807, 2.05) is 19.9 Å². The van der Waals surface area contributed by atoms with Crippen LogP contribution in [0.2, 0.25) is 0 Å². The number of aryl methyl sites for hydroxylation is 2. The third kappa shape index (κ3) is 6.13. The third-order valence-corrected chi connectivity index (χ3v) is 6.31. The van der Waals surface area contributed by atoms with E-state index in [1.165, 1.54) is 16.4 Å². The van der Waals surface area contributed by atoms with E-state index < -0.39 is 27.7 Å². The van der Waals surface area contributed by atoms with Gasteiger partial charge in [0.2, 0.25) is 10.0 Å². The van der Waals surface area contributed by atoms with Crippen LogP contribution in [0.1, 0.15) is 32.6 Å². The lowest BCUT2D eigenvalue weighted by Gasteiger charge is -2.23. The third-order valence-electron chi connectivity index (χ3n) is 5.17. The van der Waals surface area contributed by atoms with E-state index in [2.05, 4.69) is 5.32 Å². The Kier molecular flexibility index (Phi) is 6.83. The Balaban J connectivity index is 1.76. The minimum absolute atomic E-state index is 0.0865. The number of carbonyl (C=O) groups excluding carboxylic acids is 1. The maximum absolute atomic E-state index is 12.9. The molecule has 0 aliphatic carbocycles. The van der Waals surface area contributed by atoms with Crippen LogP contribution in [-0.4, -0.2) is 20.6 Å². The Morgan fingerprint density at radius 2 is 1.61 bits per heavy atom. The monoisotopic (exact) mass is 476 g/mol. The number of hydrogen-bond acceptors (Lipinski definition) is 3. The number of hydrogen-bond donors (Lipinski definition) is 1. The Bertz CT molecular complexity index is 1270. The fourth-order valence-corrected chi connectivity index (χ4v) is 4.06. The smallest absolute Gasteiger partial charge is 0.322 e. The summed E-state index contributed by atoms with van der Waals surface area (Å²) in [6.45, 7) is 3.93. The summed E-state index contributed by atoms with van der Waals surface area (Å²) in [5, 5.41) is 2.55. The number of benzene rings is 3. The van der Waals surface area contributed by atoms with Gasteiger partial charge in [-0.2, -0.15) is 13.2 Å². The summed E-state index contributed by atoms with van der Waals surface area (Å²) in [6, 6.07) is 16.0. The van der Waals surface area contributed by atoms with Crippen molar-refractivity contribution in [3.63, 3.8) is 0 Å². The van der Waals surface area contributed by atoms with E-state index >= 15 is 0 Å². The SMILES string of the molecule is Cc1ccc(N(Cc2ccc(NC(=O)c3cccc(C(F)(F)F)c3)cc2)S(C)(=O)=O)cc1C. The molecule has 3 rings (SSSR count). The first kappa shape index (κ1) is 24.3. The fraction of sp³-hybridized carbons (Fsp3) is 0.208. The lowest BCUT2D eigenvalue weighted by atomic mass is 10.1. The van der Waals surface area contributed by atoms with E-state index in [4.69, 9.17) is 0 Å². The van der Waals surface area contributed by atoms with Gasteiger partial charge in [-0.3, -0.25) is 9.10 Å². The molecule has 0 bridgehead atoms. The van der Waals surface area contributed by atoms with Gasteiger partial charge in [-0.1, -0.05) is 24.3 Å². The minimum Gasteiger partial charge on any atom is -0.322 e. The van der Waals surface area contributed by atoms with Crippen LogP contribution < -0.4 is 9.62 Å². The second-order valence-electron chi connectivity index (χ2n) is 7.77. The first-order chi connectivity index (χ1) is 15.3. The van der Waals surface area contributed by atoms with Crippen LogP contribution in [0, 0.1) is 13.8 Å². The van der Waals surface area contributed by atoms with Crippen molar-refractivity contribution in [2.45, 2.75) is 26.6 Å². The number of rotatable bonds is 6. The van der Waals surface area contributed by atoms with Gasteiger partial charge in [0.05, 0.1) is 24.1 Å². The van der Waals surface area contributed by atoms with E-state index in [0.717, 1.165) is 29.5 Å². The highest BCUT2D eigenvalue weighted by Gasteiger charge is 2.30. The number of alkyl halides is 3. The lowest BCUT2D eigenvalue weighted by Crippen LogP contribution is -2.29. The number of anilines is 2. The maximum Gasteiger partial charge on any atom is 0.416 e. The number of carbonyl (C=O) groups is 1. The lowest BCUT2D eigenvalue weighted by molar-refractivity contribution is -0.137. The Morgan fingerprint density at radius 1 is 0.939 bits per heavy atom. The van der Waals surface area contributed by atoms with Gasteiger partial charge in [0.25, 0.3) is 5.91 Å². The molecule has 0 saturated heterocycles. The van der Waals surface area contributed by atoms with Crippen molar-refractivity contribution in [3.05, 3.63) is 94.5 Å². The van der Waals surface area contributed by atoms with Crippen molar-refractivity contribution >= 4 is 27.3 Å². The minimum atomic E-state index is -4.54. The van der Waals surface area contributed by atoms with E-state index in [0.29, 0.717) is 16.9 Å². The molecule has 1 N–H and O–H groups in total. The summed E-state index contributed by atoms with van der Waals surface area (Å²) in [4.78, 5) is 12.4. The zero-order valence-electron chi connectivity index (χ0n) is 18.3. The standard InChI is InChI=1S/C24H23F3N2O3S/c1-16-7-12-22(13-17(16)2)29(33(3,31)32)15-18-8-10-21(11-9-18)28-23(30)19-5-4-6-20(14-19)24(25,26)27/h4-14H,15H2,1-3H3,(H,28,30). The molecule has 0 atom stereocenters. The first-order valence-electron chi connectivity index (χ1n) is 9.97. The predicted octanol–water partition coefficient (Wildman–Crippen LogP) is 5.54. The Morgan fingerprint density at radius 3 is 2.18 bits per heavy atom. The van der Waals surface area contributed by atoms with Gasteiger partial charge >= 0.3 is 6.18 Å². The molecule has 1 amide bonds. The van der Waals surface area contributed by atoms with Crippen LogP contribution in [0.5, 0.6) is 0 Å². The van der Waals surface area contributed by atoms with Gasteiger partial charge < -0.3 is 5.32 Å². The molecular weight excluding hydrogens is 453 g/mol. The largest absolute Gasteiger partial charge is 0.416 e. The highest BCUT2D eigenvalue weighted by atomic mass is 32.2. The number of amides is 1. The van der Waals surface area contributed by atoms with Crippen molar-refractivity contribution in [2.24, 2.45) is 0 Å². The molecule has 0 spiro atoms. The maximum atomic E-state index is 12.9. The molecule has 33 heavy (non-hydrogen) atoms. The molecule has 0 fully saturated rings. The van der Waals surface area contributed by atoms with Crippen molar-refractivity contribution in [1.29, 1.82) is 0 Å². The van der Waals surface area contributed by atoms with Crippen molar-refractivity contribution < 1.29 is 26.4 Å². The Labute approximate surface area is 190 Å². The normalized spacial score (nSPS) is 11.8. The average Bonchev–Trinajstić information content (AvgIpc) is 2.74. The molecule has 0 radical (unpaired) electrons. The Hall–Kier alpha value is -3.33. The van der Waals surface area contributed by atoms with Crippen LogP contribution >= 0.6 is 0 Å². The molecule has 3 aromatic rings. The quantitative estimate of drug-likeness (QED) is 0.508. The molecule has 0 saturated carbocycles. The van der Waals surface area contributed by atoms with Gasteiger partial charge in [0.1, 0.15) is 0 Å². The van der Waals surface area contributed by atoms with Crippen LogP contribution in [0.4, 0.5) is 24.5 Å². The zero-order chi connectivity index (χ0) is 24.4. The van der Waals surface area contributed by atoms with Gasteiger partial charge in [-0.15, -0.1) is 0 Å². The molecule has 0 aromatic heterocycles. The van der Waals surface area contributed by atoms with Crippen LogP contribution in [0.25, 0.3) is 0 Å². The molecule has 0 aliphatic rings. The van der Waals surface area contributed by atoms with Crippen LogP contribution in [0.3, 0.4) is 0 Å². The highest BCUT2D eigenvalue weighted by Crippen LogP contribution is 2.30. The molecule has 9 heteroatoms. The van der Waals surface area contributed by atoms with Crippen LogP contribution in [-0.2, 0) is 22.7 Å². The van der Waals surface area contributed by atoms with Gasteiger partial charge in [0, 0.05) is 11.3 Å². The molecule has 0 unspecified atom stereocenters. The molecule has 174 valence electrons. The second-order valence-corrected chi connectivity index (χ2v) is 9.67. The summed E-state index contributed by atoms with van der Waals surface area (Å²) in [6.07, 6.45) is -3.41. The molecular formula is C24H23F3N2O3S. The highest BCUT2D eigenvalue weighted by molar-refractivity contribution is 7.92. The van der Waals surface area contributed by atoms with Gasteiger partial charge in [0.15, 0.2) is 0 Å². The van der Waals surface area contributed by atoms with Gasteiger partial charge in [-0.05, 0) is 73.0 Å². The topological polar surface area (TPSA) is 66.5 Å². The predicted molar refractivity (Wildman–Crippen MR) is 123 cm³/mol. The number of halogens is 3. The first-order valence-corrected chi connectivity index (χ1v) is 11.8. The fourth-order valence-electron chi connectivity index (χ4n) is 3.18. The van der Waals surface area contributed by atoms with Crippen molar-refractivity contribution in [1.82, 2.24) is 0 Å².